The summed E-state index contributed by atoms with van der Waals surface area (Å²) in [5.41, 5.74) is 7.59. The van der Waals surface area contributed by atoms with E-state index in [1.807, 2.05) is 83.7 Å². The zero-order valence-corrected chi connectivity index (χ0v) is 28.0. The molecule has 1 amide bonds. The van der Waals surface area contributed by atoms with Gasteiger partial charge < -0.3 is 4.90 Å². The maximum absolute atomic E-state index is 12.6. The second kappa shape index (κ2) is 22.8. The Morgan fingerprint density at radius 3 is 1.80 bits per heavy atom. The van der Waals surface area contributed by atoms with Crippen LogP contribution in [0.5, 0.6) is 0 Å². The van der Waals surface area contributed by atoms with Crippen LogP contribution in [0.1, 0.15) is 101 Å². The third kappa shape index (κ3) is 14.4. The quantitative estimate of drug-likeness (QED) is 0.224. The highest BCUT2D eigenvalue weighted by atomic mass is 32.2. The molecule has 0 fully saturated rings. The van der Waals surface area contributed by atoms with Crippen molar-refractivity contribution in [2.45, 2.75) is 82.1 Å². The van der Waals surface area contributed by atoms with Crippen LogP contribution < -0.4 is 0 Å². The minimum atomic E-state index is -1.03. The Hall–Kier alpha value is -2.98. The molecule has 0 N–H and O–H groups in total. The molecule has 1 atom stereocenters. The highest BCUT2D eigenvalue weighted by Gasteiger charge is 2.16. The standard InChI is InChI=1S/C18H27NO2S.C12H14.C4H8.C2H6/c1-6-11-19(12-7-2)18(20)15-9-10-16(14(4)13-15)17(8-3)22(5)21;1-4-11(5-2)12-9-7-6-8-10(12)3;1-4(2)3;1-2/h8-10,13H,6-7,11-12H2,1-5H3;4-9H,1H2,2-3H3;1H2,2-3H3;1-2H3/b17-8+;11-5+;;. The first-order valence-corrected chi connectivity index (χ1v) is 15.9. The van der Waals surface area contributed by atoms with Gasteiger partial charge >= 0.3 is 0 Å². The third-order valence-corrected chi connectivity index (χ3v) is 6.65. The van der Waals surface area contributed by atoms with Gasteiger partial charge in [0.25, 0.3) is 5.91 Å². The molecule has 0 aliphatic heterocycles. The highest BCUT2D eigenvalue weighted by Crippen LogP contribution is 2.23. The van der Waals surface area contributed by atoms with Crippen molar-refractivity contribution >= 4 is 27.2 Å². The SMILES string of the molecule is C/C=C(\c1ccc(C(=O)N(CCC)CCC)cc1C)S(C)=O.C=C(C)C.C=C/C(=C\C)c1ccccc1C.CC. The lowest BCUT2D eigenvalue weighted by atomic mass is 10.0. The van der Waals surface area contributed by atoms with Crippen LogP contribution >= 0.6 is 0 Å². The predicted molar refractivity (Wildman–Crippen MR) is 182 cm³/mol. The van der Waals surface area contributed by atoms with E-state index in [1.165, 1.54) is 22.3 Å². The Bertz CT molecular complexity index is 1130. The van der Waals surface area contributed by atoms with Crippen molar-refractivity contribution in [3.63, 3.8) is 0 Å². The van der Waals surface area contributed by atoms with Crippen molar-refractivity contribution < 1.29 is 9.00 Å². The lowest BCUT2D eigenvalue weighted by Gasteiger charge is -2.22. The average molecular weight is 566 g/mol. The molecule has 3 nitrogen and oxygen atoms in total. The topological polar surface area (TPSA) is 37.4 Å². The van der Waals surface area contributed by atoms with Crippen molar-refractivity contribution in [1.29, 1.82) is 0 Å². The van der Waals surface area contributed by atoms with Crippen molar-refractivity contribution in [3.8, 4) is 0 Å². The smallest absolute Gasteiger partial charge is 0.253 e. The Morgan fingerprint density at radius 1 is 0.900 bits per heavy atom. The van der Waals surface area contributed by atoms with Gasteiger partial charge in [-0.3, -0.25) is 9.00 Å². The van der Waals surface area contributed by atoms with E-state index >= 15 is 0 Å². The first-order valence-electron chi connectivity index (χ1n) is 14.4. The maximum atomic E-state index is 12.6. The second-order valence-electron chi connectivity index (χ2n) is 9.40. The van der Waals surface area contributed by atoms with Crippen LogP contribution in [0.25, 0.3) is 10.5 Å². The number of allylic oxidation sites excluding steroid dienone is 5. The normalized spacial score (nSPS) is 11.4. The number of amides is 1. The molecule has 2 rings (SSSR count). The van der Waals surface area contributed by atoms with Gasteiger partial charge in [-0.1, -0.05) is 88.4 Å². The van der Waals surface area contributed by atoms with Crippen LogP contribution in [0, 0.1) is 13.8 Å². The van der Waals surface area contributed by atoms with Gasteiger partial charge in [0, 0.05) is 29.8 Å². The molecule has 0 aliphatic rings. The van der Waals surface area contributed by atoms with Crippen molar-refractivity contribution in [2.24, 2.45) is 0 Å². The first-order chi connectivity index (χ1) is 19.0. The number of carbonyl (C=O) groups excluding carboxylic acids is 1. The summed E-state index contributed by atoms with van der Waals surface area (Å²) in [6.07, 6.45) is 9.44. The van der Waals surface area contributed by atoms with Gasteiger partial charge in [-0.05, 0) is 94.3 Å². The molecule has 0 heterocycles. The molecular weight excluding hydrogens is 510 g/mol. The molecule has 40 heavy (non-hydrogen) atoms. The molecular formula is C36H55NO2S. The molecule has 2 aromatic rings. The van der Waals surface area contributed by atoms with E-state index in [9.17, 15) is 9.00 Å². The lowest BCUT2D eigenvalue weighted by molar-refractivity contribution is 0.0755. The second-order valence-corrected chi connectivity index (χ2v) is 10.7. The molecule has 0 spiro atoms. The van der Waals surface area contributed by atoms with Gasteiger partial charge in [0.1, 0.15) is 0 Å². The maximum Gasteiger partial charge on any atom is 0.253 e. The average Bonchev–Trinajstić information content (AvgIpc) is 2.92. The molecule has 0 saturated heterocycles. The van der Waals surface area contributed by atoms with Gasteiger partial charge in [-0.25, -0.2) is 0 Å². The summed E-state index contributed by atoms with van der Waals surface area (Å²) in [5.74, 6) is 0.0815. The monoisotopic (exact) mass is 565 g/mol. The molecule has 0 saturated carbocycles. The number of carbonyl (C=O) groups is 1. The summed E-state index contributed by atoms with van der Waals surface area (Å²) in [6.45, 7) is 29.0. The number of rotatable bonds is 9. The van der Waals surface area contributed by atoms with E-state index in [2.05, 4.69) is 64.3 Å². The van der Waals surface area contributed by atoms with Gasteiger partial charge in [-0.15, -0.1) is 6.58 Å². The van der Waals surface area contributed by atoms with Crippen molar-refractivity contribution in [1.82, 2.24) is 4.90 Å². The molecule has 0 aliphatic carbocycles. The van der Waals surface area contributed by atoms with E-state index in [0.29, 0.717) is 5.56 Å². The van der Waals surface area contributed by atoms with Crippen LogP contribution in [0.2, 0.25) is 0 Å². The van der Waals surface area contributed by atoms with Crippen LogP contribution in [0.15, 0.2) is 79.4 Å². The minimum Gasteiger partial charge on any atom is -0.339 e. The predicted octanol–water partition coefficient (Wildman–Crippen LogP) is 10.2. The van der Waals surface area contributed by atoms with Gasteiger partial charge in [0.15, 0.2) is 0 Å². The summed E-state index contributed by atoms with van der Waals surface area (Å²) < 4.78 is 11.8. The molecule has 2 aromatic carbocycles. The molecule has 1 unspecified atom stereocenters. The minimum absolute atomic E-state index is 0.0815. The summed E-state index contributed by atoms with van der Waals surface area (Å²) >= 11 is 0. The number of hydrogen-bond acceptors (Lipinski definition) is 2. The van der Waals surface area contributed by atoms with E-state index in [0.717, 1.165) is 42.0 Å². The number of aryl methyl sites for hydroxylation is 2. The van der Waals surface area contributed by atoms with Crippen molar-refractivity contribution in [2.75, 3.05) is 19.3 Å². The van der Waals surface area contributed by atoms with E-state index in [4.69, 9.17) is 0 Å². The first kappa shape index (κ1) is 39.2. The van der Waals surface area contributed by atoms with Crippen molar-refractivity contribution in [3.05, 3.63) is 107 Å². The Kier molecular flexibility index (Phi) is 22.3. The van der Waals surface area contributed by atoms with E-state index in [1.54, 1.807) is 6.26 Å². The van der Waals surface area contributed by atoms with Crippen LogP contribution in [-0.4, -0.2) is 34.4 Å². The fraction of sp³-hybridized carbons (Fsp3) is 0.417. The fourth-order valence-electron chi connectivity index (χ4n) is 3.87. The van der Waals surface area contributed by atoms with Gasteiger partial charge in [0.05, 0.1) is 10.8 Å². The zero-order chi connectivity index (χ0) is 31.3. The summed E-state index contributed by atoms with van der Waals surface area (Å²) in [4.78, 5) is 15.3. The fourth-order valence-corrected chi connectivity index (χ4v) is 4.74. The van der Waals surface area contributed by atoms with Crippen LogP contribution in [0.4, 0.5) is 0 Å². The number of benzene rings is 2. The largest absolute Gasteiger partial charge is 0.339 e. The highest BCUT2D eigenvalue weighted by molar-refractivity contribution is 7.93. The summed E-state index contributed by atoms with van der Waals surface area (Å²) in [6, 6.07) is 14.0. The summed E-state index contributed by atoms with van der Waals surface area (Å²) in [7, 11) is -1.03. The van der Waals surface area contributed by atoms with Gasteiger partial charge in [-0.2, -0.15) is 0 Å². The van der Waals surface area contributed by atoms with Crippen LogP contribution in [0.3, 0.4) is 0 Å². The number of nitrogens with zero attached hydrogens (tertiary/aromatic N) is 1. The molecule has 0 bridgehead atoms. The Labute approximate surface area is 249 Å². The van der Waals surface area contributed by atoms with E-state index in [-0.39, 0.29) is 5.91 Å². The molecule has 222 valence electrons. The zero-order valence-electron chi connectivity index (χ0n) is 27.2. The van der Waals surface area contributed by atoms with E-state index < -0.39 is 10.8 Å². The number of hydrogen-bond donors (Lipinski definition) is 0. The van der Waals surface area contributed by atoms with Gasteiger partial charge in [0.2, 0.25) is 0 Å². The lowest BCUT2D eigenvalue weighted by Crippen LogP contribution is -2.32. The molecule has 0 radical (unpaired) electrons. The Balaban J connectivity index is 0. The third-order valence-electron chi connectivity index (χ3n) is 5.57. The van der Waals surface area contributed by atoms with Crippen LogP contribution in [-0.2, 0) is 10.8 Å². The molecule has 4 heteroatoms. The molecule has 0 aromatic heterocycles. The summed E-state index contributed by atoms with van der Waals surface area (Å²) in [5, 5.41) is 0. The Morgan fingerprint density at radius 2 is 1.43 bits per heavy atom.